The van der Waals surface area contributed by atoms with Crippen molar-refractivity contribution in [2.24, 2.45) is 7.05 Å². The summed E-state index contributed by atoms with van der Waals surface area (Å²) >= 11 is 0. The average Bonchev–Trinajstić information content (AvgIpc) is 2.72. The predicted molar refractivity (Wildman–Crippen MR) is 72.8 cm³/mol. The van der Waals surface area contributed by atoms with Crippen LogP contribution in [0.15, 0.2) is 24.4 Å². The molecule has 1 aromatic heterocycles. The highest BCUT2D eigenvalue weighted by molar-refractivity contribution is 6.00. The first kappa shape index (κ1) is 13.6. The predicted octanol–water partition coefficient (Wildman–Crippen LogP) is 2.19. The van der Waals surface area contributed by atoms with E-state index in [9.17, 15) is 14.9 Å². The zero-order chi connectivity index (χ0) is 14.9. The Labute approximate surface area is 113 Å². The number of aromatic nitrogens is 1. The third-order valence-electron chi connectivity index (χ3n) is 2.93. The Kier molecular flexibility index (Phi) is 3.43. The van der Waals surface area contributed by atoms with Crippen LogP contribution in [-0.4, -0.2) is 27.7 Å². The summed E-state index contributed by atoms with van der Waals surface area (Å²) in [5.74, 6) is -0.980. The number of carboxylic acid groups (broad SMARTS) is 1. The maximum atomic E-state index is 11.3. The summed E-state index contributed by atoms with van der Waals surface area (Å²) in [5, 5.41) is 20.3. The number of aliphatic carboxylic acids is 1. The van der Waals surface area contributed by atoms with Crippen molar-refractivity contribution in [3.05, 3.63) is 40.1 Å². The second-order valence-electron chi connectivity index (χ2n) is 4.13. The summed E-state index contributed by atoms with van der Waals surface area (Å²) in [6.07, 6.45) is 3.91. The van der Waals surface area contributed by atoms with Crippen LogP contribution in [0.3, 0.4) is 0 Å². The Bertz CT molecular complexity index is 730. The van der Waals surface area contributed by atoms with Gasteiger partial charge in [-0.05, 0) is 18.2 Å². The van der Waals surface area contributed by atoms with Crippen LogP contribution in [0.2, 0.25) is 0 Å². The number of hydrogen-bond acceptors (Lipinski definition) is 4. The summed E-state index contributed by atoms with van der Waals surface area (Å²) in [4.78, 5) is 21.3. The van der Waals surface area contributed by atoms with Crippen molar-refractivity contribution < 1.29 is 19.6 Å². The fourth-order valence-corrected chi connectivity index (χ4v) is 2.12. The van der Waals surface area contributed by atoms with Gasteiger partial charge in [0, 0.05) is 24.9 Å². The van der Waals surface area contributed by atoms with E-state index in [1.165, 1.54) is 19.3 Å². The topological polar surface area (TPSA) is 94.6 Å². The molecule has 2 aromatic rings. The average molecular weight is 276 g/mol. The third-order valence-corrected chi connectivity index (χ3v) is 2.93. The number of hydrogen-bond donors (Lipinski definition) is 1. The van der Waals surface area contributed by atoms with Gasteiger partial charge in [-0.1, -0.05) is 0 Å². The Balaban J connectivity index is 2.83. The first-order valence-corrected chi connectivity index (χ1v) is 5.67. The molecule has 1 N–H and O–H groups in total. The highest BCUT2D eigenvalue weighted by Gasteiger charge is 2.23. The van der Waals surface area contributed by atoms with E-state index in [4.69, 9.17) is 9.84 Å². The largest absolute Gasteiger partial charge is 0.490 e. The van der Waals surface area contributed by atoms with E-state index < -0.39 is 10.9 Å². The number of methoxy groups -OCH3 is 1. The first-order chi connectivity index (χ1) is 9.45. The highest BCUT2D eigenvalue weighted by atomic mass is 16.6. The molecule has 0 amide bonds. The summed E-state index contributed by atoms with van der Waals surface area (Å²) in [7, 11) is 3.08. The lowest BCUT2D eigenvalue weighted by Crippen LogP contribution is -1.95. The molecule has 0 spiro atoms. The van der Waals surface area contributed by atoms with Crippen LogP contribution in [0.4, 0.5) is 5.69 Å². The van der Waals surface area contributed by atoms with Crippen molar-refractivity contribution in [2.75, 3.05) is 7.11 Å². The minimum absolute atomic E-state index is 0.138. The zero-order valence-electron chi connectivity index (χ0n) is 10.9. The molecule has 7 heteroatoms. The molecule has 0 bridgehead atoms. The van der Waals surface area contributed by atoms with Crippen LogP contribution in [0.5, 0.6) is 5.75 Å². The third kappa shape index (κ3) is 2.20. The molecule has 7 nitrogen and oxygen atoms in total. The van der Waals surface area contributed by atoms with Gasteiger partial charge in [0.25, 0.3) is 0 Å². The molecule has 0 radical (unpaired) electrons. The standard InChI is InChI=1S/C13H12N2O5/c1-14-7-8(3-6-11(16)17)12-9(14)4-5-10(20-2)13(12)15(18)19/h3-7H,1-2H3,(H,16,17)/b6-3+. The number of fused-ring (bicyclic) bond motifs is 1. The Hall–Kier alpha value is -2.83. The molecule has 0 aliphatic carbocycles. The second-order valence-corrected chi connectivity index (χ2v) is 4.13. The van der Waals surface area contributed by atoms with Gasteiger partial charge in [0.05, 0.1) is 22.9 Å². The minimum atomic E-state index is -1.12. The molecule has 1 aromatic carbocycles. The van der Waals surface area contributed by atoms with E-state index in [2.05, 4.69) is 0 Å². The van der Waals surface area contributed by atoms with Gasteiger partial charge < -0.3 is 14.4 Å². The van der Waals surface area contributed by atoms with Gasteiger partial charge in [-0.3, -0.25) is 10.1 Å². The van der Waals surface area contributed by atoms with Crippen molar-refractivity contribution in [3.63, 3.8) is 0 Å². The smallest absolute Gasteiger partial charge is 0.328 e. The second kappa shape index (κ2) is 5.04. The monoisotopic (exact) mass is 276 g/mol. The van der Waals surface area contributed by atoms with Crippen LogP contribution in [0.25, 0.3) is 17.0 Å². The lowest BCUT2D eigenvalue weighted by atomic mass is 10.1. The Morgan fingerprint density at radius 2 is 2.20 bits per heavy atom. The van der Waals surface area contributed by atoms with Crippen LogP contribution >= 0.6 is 0 Å². The van der Waals surface area contributed by atoms with Gasteiger partial charge in [0.1, 0.15) is 0 Å². The maximum Gasteiger partial charge on any atom is 0.328 e. The number of carboxylic acids is 1. The molecule has 0 fully saturated rings. The fraction of sp³-hybridized carbons (Fsp3) is 0.154. The quantitative estimate of drug-likeness (QED) is 0.524. The zero-order valence-corrected chi connectivity index (χ0v) is 10.9. The van der Waals surface area contributed by atoms with Crippen molar-refractivity contribution >= 4 is 28.6 Å². The number of nitro benzene ring substituents is 1. The fourth-order valence-electron chi connectivity index (χ4n) is 2.12. The minimum Gasteiger partial charge on any atom is -0.490 e. The van der Waals surface area contributed by atoms with Crippen LogP contribution in [0.1, 0.15) is 5.56 Å². The summed E-state index contributed by atoms with van der Waals surface area (Å²) in [5.41, 5.74) is 0.911. The van der Waals surface area contributed by atoms with E-state index >= 15 is 0 Å². The molecule has 0 aliphatic rings. The summed E-state index contributed by atoms with van der Waals surface area (Å²) in [6.45, 7) is 0. The molecule has 0 atom stereocenters. The molecular weight excluding hydrogens is 264 g/mol. The molecule has 104 valence electrons. The lowest BCUT2D eigenvalue weighted by Gasteiger charge is -2.03. The SMILES string of the molecule is COc1ccc2c(c(/C=C/C(=O)O)cn2C)c1[N+](=O)[O-]. The van der Waals surface area contributed by atoms with Gasteiger partial charge in [0.2, 0.25) is 0 Å². The maximum absolute atomic E-state index is 11.3. The normalized spacial score (nSPS) is 11.1. The van der Waals surface area contributed by atoms with Gasteiger partial charge in [-0.2, -0.15) is 0 Å². The Morgan fingerprint density at radius 3 is 2.75 bits per heavy atom. The molecule has 0 unspecified atom stereocenters. The van der Waals surface area contributed by atoms with Gasteiger partial charge in [0.15, 0.2) is 5.75 Å². The van der Waals surface area contributed by atoms with E-state index in [1.807, 2.05) is 0 Å². The van der Waals surface area contributed by atoms with Gasteiger partial charge in [-0.25, -0.2) is 4.79 Å². The number of nitro groups is 1. The Morgan fingerprint density at radius 1 is 1.50 bits per heavy atom. The van der Waals surface area contributed by atoms with Gasteiger partial charge in [-0.15, -0.1) is 0 Å². The van der Waals surface area contributed by atoms with E-state index in [1.54, 1.807) is 23.9 Å². The van der Waals surface area contributed by atoms with Crippen LogP contribution in [0, 0.1) is 10.1 Å². The van der Waals surface area contributed by atoms with Crippen molar-refractivity contribution in [1.82, 2.24) is 4.57 Å². The van der Waals surface area contributed by atoms with E-state index in [-0.39, 0.29) is 11.4 Å². The van der Waals surface area contributed by atoms with Crippen molar-refractivity contribution in [3.8, 4) is 5.75 Å². The first-order valence-electron chi connectivity index (χ1n) is 5.67. The van der Waals surface area contributed by atoms with Crippen LogP contribution in [-0.2, 0) is 11.8 Å². The van der Waals surface area contributed by atoms with E-state index in [0.717, 1.165) is 6.08 Å². The molecule has 0 saturated carbocycles. The summed E-state index contributed by atoms with van der Waals surface area (Å²) < 4.78 is 6.71. The van der Waals surface area contributed by atoms with Crippen LogP contribution < -0.4 is 4.74 Å². The highest BCUT2D eigenvalue weighted by Crippen LogP contribution is 2.38. The number of nitrogens with zero attached hydrogens (tertiary/aromatic N) is 2. The number of benzene rings is 1. The molecule has 0 saturated heterocycles. The summed E-state index contributed by atoms with van der Waals surface area (Å²) in [6, 6.07) is 3.21. The molecule has 20 heavy (non-hydrogen) atoms. The number of rotatable bonds is 4. The van der Waals surface area contributed by atoms with Crippen molar-refractivity contribution in [1.29, 1.82) is 0 Å². The van der Waals surface area contributed by atoms with Gasteiger partial charge >= 0.3 is 11.7 Å². The molecule has 2 rings (SSSR count). The van der Waals surface area contributed by atoms with E-state index in [0.29, 0.717) is 16.5 Å². The number of ether oxygens (including phenoxy) is 1. The molecule has 0 aliphatic heterocycles. The molecular formula is C13H12N2O5. The number of aryl methyl sites for hydroxylation is 1. The van der Waals surface area contributed by atoms with Crippen molar-refractivity contribution in [2.45, 2.75) is 0 Å². The number of carbonyl (C=O) groups is 1. The molecule has 1 heterocycles. The lowest BCUT2D eigenvalue weighted by molar-refractivity contribution is -0.383.